The van der Waals surface area contributed by atoms with Gasteiger partial charge >= 0.3 is 6.18 Å². The fourth-order valence-corrected chi connectivity index (χ4v) is 1.30. The van der Waals surface area contributed by atoms with Crippen LogP contribution in [0, 0.1) is 17.3 Å². The summed E-state index contributed by atoms with van der Waals surface area (Å²) in [6.45, 7) is 7.25. The van der Waals surface area contributed by atoms with Gasteiger partial charge in [0, 0.05) is 11.5 Å². The van der Waals surface area contributed by atoms with E-state index in [-0.39, 0.29) is 5.41 Å². The first-order chi connectivity index (χ1) is 6.67. The van der Waals surface area contributed by atoms with Crippen molar-refractivity contribution in [3.8, 4) is 11.8 Å². The molecule has 0 aromatic rings. The Bertz CT molecular complexity index is 284. The van der Waals surface area contributed by atoms with Gasteiger partial charge in [-0.25, -0.2) is 0 Å². The highest BCUT2D eigenvalue weighted by Crippen LogP contribution is 2.33. The smallest absolute Gasteiger partial charge is 0.166 e. The van der Waals surface area contributed by atoms with Gasteiger partial charge in [0.15, 0.2) is 0 Å². The molecule has 0 aliphatic rings. The van der Waals surface area contributed by atoms with Crippen LogP contribution in [0.2, 0.25) is 0 Å². The van der Waals surface area contributed by atoms with Crippen molar-refractivity contribution in [2.75, 3.05) is 5.75 Å². The molecule has 0 radical (unpaired) electrons. The van der Waals surface area contributed by atoms with Gasteiger partial charge in [-0.2, -0.15) is 13.2 Å². The van der Waals surface area contributed by atoms with E-state index in [9.17, 15) is 13.2 Å². The normalized spacial score (nSPS) is 13.4. The standard InChI is InChI=1S/C11H15F3S/c1-5-15-9(11(12,13)14)7-6-8-10(2,3)4/h7H,5H2,1-4H3/b9-7+. The Labute approximate surface area is 93.3 Å². The third-order valence-electron chi connectivity index (χ3n) is 1.23. The first kappa shape index (κ1) is 14.4. The highest BCUT2D eigenvalue weighted by atomic mass is 32.2. The number of hydrogen-bond acceptors (Lipinski definition) is 1. The Morgan fingerprint density at radius 2 is 1.80 bits per heavy atom. The maximum Gasteiger partial charge on any atom is 0.422 e. The molecule has 0 unspecified atom stereocenters. The number of alkyl halides is 3. The Kier molecular flexibility index (Phi) is 5.30. The SMILES string of the molecule is CCS/C(=C/C#CC(C)(C)C)C(F)(F)F. The molecule has 0 aliphatic carbocycles. The third-order valence-corrected chi connectivity index (χ3v) is 2.18. The van der Waals surface area contributed by atoms with Crippen LogP contribution in [0.5, 0.6) is 0 Å². The average molecular weight is 236 g/mol. The van der Waals surface area contributed by atoms with Crippen LogP contribution < -0.4 is 0 Å². The van der Waals surface area contributed by atoms with Crippen molar-refractivity contribution in [1.29, 1.82) is 0 Å². The van der Waals surface area contributed by atoms with Gasteiger partial charge in [0.1, 0.15) is 0 Å². The predicted octanol–water partition coefficient (Wildman–Crippen LogP) is 4.24. The number of thioether (sulfide) groups is 1. The van der Waals surface area contributed by atoms with Crippen molar-refractivity contribution in [2.45, 2.75) is 33.9 Å². The largest absolute Gasteiger partial charge is 0.422 e. The molecule has 0 heterocycles. The maximum absolute atomic E-state index is 12.4. The monoisotopic (exact) mass is 236 g/mol. The lowest BCUT2D eigenvalue weighted by molar-refractivity contribution is -0.0835. The molecule has 15 heavy (non-hydrogen) atoms. The summed E-state index contributed by atoms with van der Waals surface area (Å²) in [5, 5.41) is 0. The summed E-state index contributed by atoms with van der Waals surface area (Å²) in [6, 6.07) is 0. The van der Waals surface area contributed by atoms with E-state index in [1.165, 1.54) is 0 Å². The van der Waals surface area contributed by atoms with Crippen molar-refractivity contribution >= 4 is 11.8 Å². The zero-order chi connectivity index (χ0) is 12.1. The molecule has 0 aliphatic heterocycles. The van der Waals surface area contributed by atoms with E-state index < -0.39 is 11.1 Å². The van der Waals surface area contributed by atoms with Gasteiger partial charge < -0.3 is 0 Å². The summed E-state index contributed by atoms with van der Waals surface area (Å²) in [7, 11) is 0. The Morgan fingerprint density at radius 3 is 2.13 bits per heavy atom. The summed E-state index contributed by atoms with van der Waals surface area (Å²) >= 11 is 0.768. The molecular formula is C11H15F3S. The Morgan fingerprint density at radius 1 is 1.27 bits per heavy atom. The van der Waals surface area contributed by atoms with Crippen LogP contribution in [-0.4, -0.2) is 11.9 Å². The molecule has 0 saturated carbocycles. The van der Waals surface area contributed by atoms with Crippen molar-refractivity contribution in [2.24, 2.45) is 5.41 Å². The van der Waals surface area contributed by atoms with Crippen molar-refractivity contribution in [3.63, 3.8) is 0 Å². The van der Waals surface area contributed by atoms with Crippen LogP contribution in [0.1, 0.15) is 27.7 Å². The molecule has 86 valence electrons. The minimum Gasteiger partial charge on any atom is -0.166 e. The Balaban J connectivity index is 4.77. The molecule has 0 aromatic carbocycles. The van der Waals surface area contributed by atoms with Crippen LogP contribution in [0.25, 0.3) is 0 Å². The van der Waals surface area contributed by atoms with Gasteiger partial charge in [-0.1, -0.05) is 18.8 Å². The first-order valence-corrected chi connectivity index (χ1v) is 5.58. The summed E-state index contributed by atoms with van der Waals surface area (Å²) in [5.41, 5.74) is -0.274. The fourth-order valence-electron chi connectivity index (χ4n) is 0.679. The van der Waals surface area contributed by atoms with Crippen LogP contribution in [0.4, 0.5) is 13.2 Å². The topological polar surface area (TPSA) is 0 Å². The fraction of sp³-hybridized carbons (Fsp3) is 0.636. The van der Waals surface area contributed by atoms with Crippen LogP contribution >= 0.6 is 11.8 Å². The summed E-state index contributed by atoms with van der Waals surface area (Å²) in [5.74, 6) is 5.60. The highest BCUT2D eigenvalue weighted by molar-refractivity contribution is 8.03. The molecular weight excluding hydrogens is 221 g/mol. The molecule has 0 N–H and O–H groups in total. The van der Waals surface area contributed by atoms with Gasteiger partial charge in [0.05, 0.1) is 4.91 Å². The average Bonchev–Trinajstić information content (AvgIpc) is 1.98. The van der Waals surface area contributed by atoms with Gasteiger partial charge in [-0.15, -0.1) is 11.8 Å². The van der Waals surface area contributed by atoms with E-state index >= 15 is 0 Å². The lowest BCUT2D eigenvalue weighted by Gasteiger charge is -2.09. The number of halogens is 3. The molecule has 0 saturated heterocycles. The van der Waals surface area contributed by atoms with Gasteiger partial charge in [0.2, 0.25) is 0 Å². The molecule has 0 fully saturated rings. The van der Waals surface area contributed by atoms with E-state index in [0.29, 0.717) is 5.75 Å². The summed E-state index contributed by atoms with van der Waals surface area (Å²) in [6.07, 6.45) is -3.33. The second-order valence-electron chi connectivity index (χ2n) is 3.96. The zero-order valence-corrected chi connectivity index (χ0v) is 10.1. The molecule has 4 heteroatoms. The van der Waals surface area contributed by atoms with Crippen molar-refractivity contribution < 1.29 is 13.2 Å². The van der Waals surface area contributed by atoms with Gasteiger partial charge in [0.25, 0.3) is 0 Å². The van der Waals surface area contributed by atoms with E-state index in [2.05, 4.69) is 11.8 Å². The molecule has 0 rings (SSSR count). The van der Waals surface area contributed by atoms with Crippen LogP contribution in [-0.2, 0) is 0 Å². The lowest BCUT2D eigenvalue weighted by Crippen LogP contribution is -2.09. The van der Waals surface area contributed by atoms with E-state index in [4.69, 9.17) is 0 Å². The molecule has 0 amide bonds. The predicted molar refractivity (Wildman–Crippen MR) is 59.5 cm³/mol. The summed E-state index contributed by atoms with van der Waals surface area (Å²) in [4.78, 5) is -0.623. The molecule has 0 spiro atoms. The minimum absolute atomic E-state index is 0.274. The van der Waals surface area contributed by atoms with E-state index in [1.54, 1.807) is 6.92 Å². The second-order valence-corrected chi connectivity index (χ2v) is 5.26. The van der Waals surface area contributed by atoms with E-state index in [0.717, 1.165) is 17.8 Å². The highest BCUT2D eigenvalue weighted by Gasteiger charge is 2.33. The first-order valence-electron chi connectivity index (χ1n) is 4.59. The molecule has 0 atom stereocenters. The van der Waals surface area contributed by atoms with Crippen molar-refractivity contribution in [3.05, 3.63) is 11.0 Å². The molecule has 0 nitrogen and oxygen atoms in total. The second kappa shape index (κ2) is 5.50. The third kappa shape index (κ3) is 7.38. The number of hydrogen-bond donors (Lipinski definition) is 0. The van der Waals surface area contributed by atoms with E-state index in [1.807, 2.05) is 20.8 Å². The van der Waals surface area contributed by atoms with Crippen LogP contribution in [0.3, 0.4) is 0 Å². The maximum atomic E-state index is 12.4. The molecule has 0 aromatic heterocycles. The molecule has 0 bridgehead atoms. The lowest BCUT2D eigenvalue weighted by atomic mass is 9.98. The van der Waals surface area contributed by atoms with Crippen LogP contribution in [0.15, 0.2) is 11.0 Å². The number of allylic oxidation sites excluding steroid dienone is 2. The van der Waals surface area contributed by atoms with Gasteiger partial charge in [-0.3, -0.25) is 0 Å². The quantitative estimate of drug-likeness (QED) is 0.646. The van der Waals surface area contributed by atoms with Crippen molar-refractivity contribution in [1.82, 2.24) is 0 Å². The minimum atomic E-state index is -4.28. The summed E-state index contributed by atoms with van der Waals surface area (Å²) < 4.78 is 37.1. The zero-order valence-electron chi connectivity index (χ0n) is 9.33. The van der Waals surface area contributed by atoms with Gasteiger partial charge in [-0.05, 0) is 26.5 Å². The number of rotatable bonds is 2. The Hall–Kier alpha value is -0.560.